The van der Waals surface area contributed by atoms with Gasteiger partial charge in [0.05, 0.1) is 11.9 Å². The van der Waals surface area contributed by atoms with Crippen LogP contribution in [0.5, 0.6) is 11.5 Å². The maximum atomic E-state index is 13.9. The van der Waals surface area contributed by atoms with Crippen LogP contribution < -0.4 is 14.4 Å². The van der Waals surface area contributed by atoms with Gasteiger partial charge in [-0.2, -0.15) is 0 Å². The van der Waals surface area contributed by atoms with Crippen LogP contribution in [0.15, 0.2) is 78.9 Å². The van der Waals surface area contributed by atoms with Gasteiger partial charge in [0.1, 0.15) is 24.1 Å². The molecule has 218 valence electrons. The number of amides is 2. The molecule has 8 nitrogen and oxygen atoms in total. The second-order valence-electron chi connectivity index (χ2n) is 10.2. The Labute approximate surface area is 247 Å². The molecule has 4 rings (SSSR count). The molecule has 0 aromatic heterocycles. The number of benzene rings is 3. The first-order valence-corrected chi connectivity index (χ1v) is 16.0. The van der Waals surface area contributed by atoms with E-state index in [-0.39, 0.29) is 18.5 Å². The number of hydrogen-bond donors (Lipinski definition) is 1. The molecule has 1 atom stereocenters. The van der Waals surface area contributed by atoms with Gasteiger partial charge in [-0.15, -0.1) is 0 Å². The molecule has 3 aromatic carbocycles. The fourth-order valence-corrected chi connectivity index (χ4v) is 5.97. The second-order valence-corrected chi connectivity index (χ2v) is 12.6. The highest BCUT2D eigenvalue weighted by molar-refractivity contribution is 7.92. The van der Waals surface area contributed by atoms with Gasteiger partial charge in [-0.1, -0.05) is 61.7 Å². The zero-order valence-electron chi connectivity index (χ0n) is 23.3. The molecule has 1 aliphatic carbocycles. The quantitative estimate of drug-likeness (QED) is 0.286. The molecule has 1 N–H and O–H groups in total. The predicted molar refractivity (Wildman–Crippen MR) is 162 cm³/mol. The standard InChI is InChI=1S/C31H36ClN3O5S/c1-3-29(31(37)33-25-9-7-8-10-25)34(21-23-13-15-24(32)16-14-23)30(36)22-35(41(2,38)39)26-17-19-28(20-18-26)40-27-11-5-4-6-12-27/h4-6,11-20,25,29H,3,7-10,21-22H2,1-2H3,(H,33,37). The van der Waals surface area contributed by atoms with Crippen molar-refractivity contribution in [2.45, 2.75) is 57.7 Å². The Morgan fingerprint density at radius 3 is 2.15 bits per heavy atom. The molecule has 1 fully saturated rings. The summed E-state index contributed by atoms with van der Waals surface area (Å²) < 4.78 is 32.7. The van der Waals surface area contributed by atoms with Crippen molar-refractivity contribution >= 4 is 39.1 Å². The first-order chi connectivity index (χ1) is 19.6. The zero-order chi connectivity index (χ0) is 29.4. The van der Waals surface area contributed by atoms with Crippen molar-refractivity contribution in [3.05, 3.63) is 89.4 Å². The highest BCUT2D eigenvalue weighted by Gasteiger charge is 2.33. The van der Waals surface area contributed by atoms with Crippen molar-refractivity contribution in [2.75, 3.05) is 17.1 Å². The van der Waals surface area contributed by atoms with Gasteiger partial charge in [0.2, 0.25) is 21.8 Å². The van der Waals surface area contributed by atoms with Crippen molar-refractivity contribution < 1.29 is 22.7 Å². The number of anilines is 1. The molecule has 1 saturated carbocycles. The van der Waals surface area contributed by atoms with Gasteiger partial charge < -0.3 is 15.0 Å². The number of nitrogens with one attached hydrogen (secondary N) is 1. The molecule has 3 aromatic rings. The summed E-state index contributed by atoms with van der Waals surface area (Å²) in [6.45, 7) is 1.52. The number of nitrogens with zero attached hydrogens (tertiary/aromatic N) is 2. The van der Waals surface area contributed by atoms with Crippen molar-refractivity contribution in [2.24, 2.45) is 0 Å². The molecule has 1 aliphatic rings. The number of rotatable bonds is 12. The van der Waals surface area contributed by atoms with Crippen molar-refractivity contribution in [3.8, 4) is 11.5 Å². The van der Waals surface area contributed by atoms with E-state index in [1.807, 2.05) is 37.3 Å². The predicted octanol–water partition coefficient (Wildman–Crippen LogP) is 5.76. The Balaban J connectivity index is 1.58. The van der Waals surface area contributed by atoms with E-state index < -0.39 is 28.5 Å². The summed E-state index contributed by atoms with van der Waals surface area (Å²) in [5.41, 5.74) is 1.10. The summed E-state index contributed by atoms with van der Waals surface area (Å²) >= 11 is 6.06. The molecular formula is C31H36ClN3O5S. The maximum Gasteiger partial charge on any atom is 0.244 e. The van der Waals surface area contributed by atoms with Crippen LogP contribution in [0.25, 0.3) is 0 Å². The summed E-state index contributed by atoms with van der Waals surface area (Å²) in [6, 6.07) is 22.1. The Morgan fingerprint density at radius 2 is 1.56 bits per heavy atom. The number of carbonyl (C=O) groups is 2. The van der Waals surface area contributed by atoms with Gasteiger partial charge in [-0.3, -0.25) is 13.9 Å². The van der Waals surface area contributed by atoms with Gasteiger partial charge in [-0.25, -0.2) is 8.42 Å². The molecule has 0 radical (unpaired) electrons. The van der Waals surface area contributed by atoms with Crippen LogP contribution in [0.4, 0.5) is 5.69 Å². The third-order valence-electron chi connectivity index (χ3n) is 7.14. The first-order valence-electron chi connectivity index (χ1n) is 13.8. The highest BCUT2D eigenvalue weighted by Crippen LogP contribution is 2.26. The van der Waals surface area contributed by atoms with Crippen molar-refractivity contribution in [1.29, 1.82) is 0 Å². The van der Waals surface area contributed by atoms with E-state index in [9.17, 15) is 18.0 Å². The Bertz CT molecular complexity index is 1410. The monoisotopic (exact) mass is 597 g/mol. The van der Waals surface area contributed by atoms with Gasteiger partial charge in [0.25, 0.3) is 0 Å². The first kappa shape index (κ1) is 30.4. The summed E-state index contributed by atoms with van der Waals surface area (Å²) in [6.07, 6.45) is 5.39. The lowest BCUT2D eigenvalue weighted by Crippen LogP contribution is -2.53. The molecule has 2 amide bonds. The minimum atomic E-state index is -3.84. The van der Waals surface area contributed by atoms with E-state index in [2.05, 4.69) is 5.32 Å². The molecule has 0 aliphatic heterocycles. The Morgan fingerprint density at radius 1 is 0.951 bits per heavy atom. The number of para-hydroxylation sites is 1. The third kappa shape index (κ3) is 8.47. The SMILES string of the molecule is CCC(C(=O)NC1CCCC1)N(Cc1ccc(Cl)cc1)C(=O)CN(c1ccc(Oc2ccccc2)cc1)S(C)(=O)=O. The van der Waals surface area contributed by atoms with Crippen molar-refractivity contribution in [3.63, 3.8) is 0 Å². The van der Waals surface area contributed by atoms with Gasteiger partial charge in [0, 0.05) is 17.6 Å². The minimum absolute atomic E-state index is 0.0909. The van der Waals surface area contributed by atoms with Gasteiger partial charge in [0.15, 0.2) is 0 Å². The van der Waals surface area contributed by atoms with Crippen LogP contribution in [0.3, 0.4) is 0 Å². The normalized spacial score (nSPS) is 14.3. The minimum Gasteiger partial charge on any atom is -0.457 e. The van der Waals surface area contributed by atoms with E-state index in [0.717, 1.165) is 41.8 Å². The molecular weight excluding hydrogens is 562 g/mol. The van der Waals surface area contributed by atoms with E-state index >= 15 is 0 Å². The number of sulfonamides is 1. The zero-order valence-corrected chi connectivity index (χ0v) is 24.9. The van der Waals surface area contributed by atoms with Gasteiger partial charge in [-0.05, 0) is 73.4 Å². The summed E-state index contributed by atoms with van der Waals surface area (Å²) in [7, 11) is -3.84. The van der Waals surface area contributed by atoms with Crippen LogP contribution in [-0.4, -0.2) is 50.0 Å². The third-order valence-corrected chi connectivity index (χ3v) is 8.53. The fourth-order valence-electron chi connectivity index (χ4n) is 4.99. The number of ether oxygens (including phenoxy) is 1. The number of halogens is 1. The number of hydrogen-bond acceptors (Lipinski definition) is 5. The smallest absolute Gasteiger partial charge is 0.244 e. The molecule has 0 heterocycles. The molecule has 1 unspecified atom stereocenters. The van der Waals surface area contributed by atoms with Crippen LogP contribution in [0, 0.1) is 0 Å². The number of carbonyl (C=O) groups excluding carboxylic acids is 2. The largest absolute Gasteiger partial charge is 0.457 e. The van der Waals surface area contributed by atoms with Crippen LogP contribution >= 0.6 is 11.6 Å². The Kier molecular flexibility index (Phi) is 10.3. The van der Waals surface area contributed by atoms with Crippen LogP contribution in [0.2, 0.25) is 5.02 Å². The summed E-state index contributed by atoms with van der Waals surface area (Å²) in [5, 5.41) is 3.66. The highest BCUT2D eigenvalue weighted by atomic mass is 35.5. The van der Waals surface area contributed by atoms with Gasteiger partial charge >= 0.3 is 0 Å². The fraction of sp³-hybridized carbons (Fsp3) is 0.355. The average Bonchev–Trinajstić information content (AvgIpc) is 3.46. The summed E-state index contributed by atoms with van der Waals surface area (Å²) in [4.78, 5) is 28.7. The van der Waals surface area contributed by atoms with Crippen molar-refractivity contribution in [1.82, 2.24) is 10.2 Å². The maximum absolute atomic E-state index is 13.9. The summed E-state index contributed by atoms with van der Waals surface area (Å²) in [5.74, 6) is 0.465. The average molecular weight is 598 g/mol. The topological polar surface area (TPSA) is 96.0 Å². The molecule has 0 spiro atoms. The molecule has 0 saturated heterocycles. The lowest BCUT2D eigenvalue weighted by Gasteiger charge is -2.33. The molecule has 41 heavy (non-hydrogen) atoms. The van der Waals surface area contributed by atoms with E-state index in [1.54, 1.807) is 48.5 Å². The van der Waals surface area contributed by atoms with Crippen LogP contribution in [-0.2, 0) is 26.2 Å². The van der Waals surface area contributed by atoms with Crippen LogP contribution in [0.1, 0.15) is 44.6 Å². The molecule has 0 bridgehead atoms. The second kappa shape index (κ2) is 13.9. The molecule has 10 heteroatoms. The lowest BCUT2D eigenvalue weighted by molar-refractivity contribution is -0.140. The van der Waals surface area contributed by atoms with E-state index in [0.29, 0.717) is 28.6 Å². The Hall–Kier alpha value is -3.56. The van der Waals surface area contributed by atoms with E-state index in [1.165, 1.54) is 4.90 Å². The lowest BCUT2D eigenvalue weighted by atomic mass is 10.1. The van der Waals surface area contributed by atoms with E-state index in [4.69, 9.17) is 16.3 Å².